The zero-order valence-corrected chi connectivity index (χ0v) is 14.0. The summed E-state index contributed by atoms with van der Waals surface area (Å²) in [4.78, 5) is 0. The number of rotatable bonds is 7. The van der Waals surface area contributed by atoms with Crippen LogP contribution in [0.3, 0.4) is 0 Å². The fraction of sp³-hybridized carbons (Fsp3) is 1.00. The van der Waals surface area contributed by atoms with Crippen LogP contribution in [-0.4, -0.2) is 23.4 Å². The van der Waals surface area contributed by atoms with Crippen LogP contribution in [0.1, 0.15) is 75.2 Å². The first-order valence-electron chi connectivity index (χ1n) is 7.23. The molecule has 0 aromatic heterocycles. The van der Waals surface area contributed by atoms with E-state index in [1.165, 1.54) is 0 Å². The van der Waals surface area contributed by atoms with Gasteiger partial charge in [-0.3, -0.25) is 0 Å². The Balaban J connectivity index is 4.52. The Morgan fingerprint density at radius 1 is 0.944 bits per heavy atom. The Kier molecular flexibility index (Phi) is 6.35. The maximum absolute atomic E-state index is 6.36. The minimum atomic E-state index is -0.243. The predicted octanol–water partition coefficient (Wildman–Crippen LogP) is 4.81. The van der Waals surface area contributed by atoms with Gasteiger partial charge in [-0.15, -0.1) is 0 Å². The van der Waals surface area contributed by atoms with Gasteiger partial charge in [-0.1, -0.05) is 20.8 Å². The summed E-state index contributed by atoms with van der Waals surface area (Å²) in [5, 5.41) is 0. The monoisotopic (exact) mass is 258 g/mol. The van der Waals surface area contributed by atoms with Crippen molar-refractivity contribution in [2.75, 3.05) is 6.61 Å². The van der Waals surface area contributed by atoms with E-state index in [4.69, 9.17) is 9.47 Å². The van der Waals surface area contributed by atoms with Gasteiger partial charge in [0.05, 0.1) is 23.4 Å². The molecule has 0 aromatic rings. The molecule has 2 heteroatoms. The molecule has 0 spiro atoms. The first-order valence-corrected chi connectivity index (χ1v) is 7.23. The molecule has 0 aromatic carbocycles. The first-order chi connectivity index (χ1) is 7.89. The summed E-state index contributed by atoms with van der Waals surface area (Å²) in [5.74, 6) is 0.647. The van der Waals surface area contributed by atoms with Crippen molar-refractivity contribution in [2.24, 2.45) is 5.92 Å². The maximum Gasteiger partial charge on any atom is 0.0866 e. The third-order valence-corrected chi connectivity index (χ3v) is 2.96. The smallest absolute Gasteiger partial charge is 0.0866 e. The van der Waals surface area contributed by atoms with Gasteiger partial charge in [-0.2, -0.15) is 0 Å². The summed E-state index contributed by atoms with van der Waals surface area (Å²) >= 11 is 0. The summed E-state index contributed by atoms with van der Waals surface area (Å²) in [5.41, 5.74) is -0.410. The highest BCUT2D eigenvalue weighted by Crippen LogP contribution is 2.30. The summed E-state index contributed by atoms with van der Waals surface area (Å²) in [6.07, 6.45) is 2.12. The Hall–Kier alpha value is -0.0800. The second kappa shape index (κ2) is 6.38. The molecule has 0 aliphatic heterocycles. The molecule has 18 heavy (non-hydrogen) atoms. The van der Waals surface area contributed by atoms with Gasteiger partial charge in [0.25, 0.3) is 0 Å². The lowest BCUT2D eigenvalue weighted by atomic mass is 9.90. The summed E-state index contributed by atoms with van der Waals surface area (Å²) in [6.45, 7) is 20.0. The zero-order chi connectivity index (χ0) is 14.6. The highest BCUT2D eigenvalue weighted by atomic mass is 16.6. The molecule has 110 valence electrons. The average molecular weight is 258 g/mol. The molecule has 0 rings (SSSR count). The Labute approximate surface area is 114 Å². The summed E-state index contributed by atoms with van der Waals surface area (Å²) in [7, 11) is 0. The van der Waals surface area contributed by atoms with Crippen molar-refractivity contribution in [3.8, 4) is 0 Å². The van der Waals surface area contributed by atoms with E-state index in [2.05, 4.69) is 62.3 Å². The molecule has 0 aliphatic carbocycles. The van der Waals surface area contributed by atoms with Crippen molar-refractivity contribution in [3.05, 3.63) is 0 Å². The Bertz CT molecular complexity index is 238. The molecule has 1 unspecified atom stereocenters. The minimum Gasteiger partial charge on any atom is -0.373 e. The van der Waals surface area contributed by atoms with Crippen LogP contribution < -0.4 is 0 Å². The van der Waals surface area contributed by atoms with Crippen molar-refractivity contribution in [3.63, 3.8) is 0 Å². The SMILES string of the molecule is CCC(C)(CC(C)C)OC(C)(C)COC(C)(C)C. The van der Waals surface area contributed by atoms with E-state index < -0.39 is 0 Å². The Morgan fingerprint density at radius 3 is 1.78 bits per heavy atom. The van der Waals surface area contributed by atoms with Crippen molar-refractivity contribution < 1.29 is 9.47 Å². The molecule has 0 radical (unpaired) electrons. The van der Waals surface area contributed by atoms with Crippen LogP contribution in [0.5, 0.6) is 0 Å². The van der Waals surface area contributed by atoms with Crippen molar-refractivity contribution >= 4 is 0 Å². The van der Waals surface area contributed by atoms with E-state index in [1.54, 1.807) is 0 Å². The number of hydrogen-bond acceptors (Lipinski definition) is 2. The molecule has 0 fully saturated rings. The van der Waals surface area contributed by atoms with Gasteiger partial charge in [-0.25, -0.2) is 0 Å². The Morgan fingerprint density at radius 2 is 1.44 bits per heavy atom. The van der Waals surface area contributed by atoms with Crippen LogP contribution in [0.15, 0.2) is 0 Å². The molecule has 2 nitrogen and oxygen atoms in total. The van der Waals surface area contributed by atoms with E-state index in [-0.39, 0.29) is 16.8 Å². The highest BCUT2D eigenvalue weighted by molar-refractivity contribution is 4.81. The van der Waals surface area contributed by atoms with Gasteiger partial charge in [0.1, 0.15) is 0 Å². The fourth-order valence-corrected chi connectivity index (χ4v) is 2.21. The van der Waals surface area contributed by atoms with Gasteiger partial charge in [0.15, 0.2) is 0 Å². The lowest BCUT2D eigenvalue weighted by Gasteiger charge is -2.40. The molecule has 0 bridgehead atoms. The van der Waals surface area contributed by atoms with Gasteiger partial charge in [0, 0.05) is 0 Å². The molecular formula is C16H34O2. The molecule has 0 heterocycles. The van der Waals surface area contributed by atoms with Crippen LogP contribution >= 0.6 is 0 Å². The van der Waals surface area contributed by atoms with E-state index in [9.17, 15) is 0 Å². The van der Waals surface area contributed by atoms with Gasteiger partial charge in [-0.05, 0) is 60.3 Å². The van der Waals surface area contributed by atoms with E-state index in [1.807, 2.05) is 0 Å². The van der Waals surface area contributed by atoms with Gasteiger partial charge in [0.2, 0.25) is 0 Å². The normalized spacial score (nSPS) is 17.0. The van der Waals surface area contributed by atoms with Gasteiger partial charge < -0.3 is 9.47 Å². The minimum absolute atomic E-state index is 0.0566. The standard InChI is InChI=1S/C16H34O2/c1-10-16(9,11-13(2)3)18-15(7,8)12-17-14(4,5)6/h13H,10-12H2,1-9H3. The van der Waals surface area contributed by atoms with Crippen molar-refractivity contribution in [2.45, 2.75) is 92.0 Å². The van der Waals surface area contributed by atoms with Gasteiger partial charge >= 0.3 is 0 Å². The van der Waals surface area contributed by atoms with Crippen LogP contribution in [0, 0.1) is 5.92 Å². The third-order valence-electron chi connectivity index (χ3n) is 2.96. The van der Waals surface area contributed by atoms with Crippen molar-refractivity contribution in [1.29, 1.82) is 0 Å². The highest BCUT2D eigenvalue weighted by Gasteiger charge is 2.33. The fourth-order valence-electron chi connectivity index (χ4n) is 2.21. The number of hydrogen-bond donors (Lipinski definition) is 0. The van der Waals surface area contributed by atoms with E-state index in [0.29, 0.717) is 12.5 Å². The molecule has 1 atom stereocenters. The lowest BCUT2D eigenvalue weighted by molar-refractivity contribution is -0.182. The van der Waals surface area contributed by atoms with Crippen LogP contribution in [0.4, 0.5) is 0 Å². The van der Waals surface area contributed by atoms with Crippen molar-refractivity contribution in [1.82, 2.24) is 0 Å². The van der Waals surface area contributed by atoms with Crippen LogP contribution in [-0.2, 0) is 9.47 Å². The zero-order valence-electron chi connectivity index (χ0n) is 14.0. The molecular weight excluding hydrogens is 224 g/mol. The third kappa shape index (κ3) is 8.10. The second-order valence-electron chi connectivity index (χ2n) is 7.66. The average Bonchev–Trinajstić information content (AvgIpc) is 2.12. The quantitative estimate of drug-likeness (QED) is 0.652. The summed E-state index contributed by atoms with van der Waals surface area (Å²) < 4.78 is 12.2. The van der Waals surface area contributed by atoms with E-state index in [0.717, 1.165) is 12.8 Å². The topological polar surface area (TPSA) is 18.5 Å². The largest absolute Gasteiger partial charge is 0.373 e. The maximum atomic E-state index is 6.36. The van der Waals surface area contributed by atoms with Crippen LogP contribution in [0.25, 0.3) is 0 Å². The first kappa shape index (κ1) is 17.9. The van der Waals surface area contributed by atoms with E-state index >= 15 is 0 Å². The second-order valence-corrected chi connectivity index (χ2v) is 7.66. The molecule has 0 N–H and O–H groups in total. The molecule has 0 saturated heterocycles. The molecule has 0 saturated carbocycles. The molecule has 0 amide bonds. The molecule has 0 aliphatic rings. The van der Waals surface area contributed by atoms with Crippen LogP contribution in [0.2, 0.25) is 0 Å². The lowest BCUT2D eigenvalue weighted by Crippen LogP contribution is -2.44. The summed E-state index contributed by atoms with van der Waals surface area (Å²) in [6, 6.07) is 0. The number of ether oxygens (including phenoxy) is 2. The predicted molar refractivity (Wildman–Crippen MR) is 79.0 cm³/mol.